The summed E-state index contributed by atoms with van der Waals surface area (Å²) in [6.07, 6.45) is 3.33. The van der Waals surface area contributed by atoms with E-state index in [2.05, 4.69) is 5.32 Å². The molecule has 3 nitrogen and oxygen atoms in total. The van der Waals surface area contributed by atoms with Gasteiger partial charge in [0, 0.05) is 0 Å². The van der Waals surface area contributed by atoms with E-state index < -0.39 is 11.7 Å². The first-order valence-electron chi connectivity index (χ1n) is 7.01. The lowest BCUT2D eigenvalue weighted by Crippen LogP contribution is -2.14. The highest BCUT2D eigenvalue weighted by Crippen LogP contribution is 2.15. The molecule has 114 valence electrons. The van der Waals surface area contributed by atoms with E-state index in [4.69, 9.17) is 5.26 Å². The van der Waals surface area contributed by atoms with E-state index >= 15 is 0 Å². The Kier molecular flexibility index (Phi) is 5.43. The third-order valence-electron chi connectivity index (χ3n) is 3.05. The number of para-hydroxylation sites is 1. The molecule has 0 unspecified atom stereocenters. The second kappa shape index (κ2) is 7.71. The van der Waals surface area contributed by atoms with Crippen molar-refractivity contribution in [1.82, 2.24) is 0 Å². The van der Waals surface area contributed by atoms with Gasteiger partial charge in [0.05, 0.1) is 5.69 Å². The number of nitrogens with one attached hydrogen (secondary N) is 1. The maximum Gasteiger partial charge on any atom is 0.266 e. The highest BCUT2D eigenvalue weighted by Gasteiger charge is 2.11. The number of hydrogen-bond acceptors (Lipinski definition) is 2. The number of halogens is 1. The van der Waals surface area contributed by atoms with Crippen molar-refractivity contribution in [3.05, 3.63) is 83.2 Å². The van der Waals surface area contributed by atoms with Crippen LogP contribution in [0.1, 0.15) is 12.5 Å². The van der Waals surface area contributed by atoms with Gasteiger partial charge in [0.25, 0.3) is 5.91 Å². The zero-order chi connectivity index (χ0) is 16.7. The van der Waals surface area contributed by atoms with Gasteiger partial charge in [0.1, 0.15) is 17.5 Å². The molecule has 2 rings (SSSR count). The lowest BCUT2D eigenvalue weighted by molar-refractivity contribution is -0.112. The molecule has 0 aromatic heterocycles. The van der Waals surface area contributed by atoms with E-state index in [9.17, 15) is 9.18 Å². The molecule has 0 fully saturated rings. The Hall–Kier alpha value is -3.19. The first kappa shape index (κ1) is 16.2. The summed E-state index contributed by atoms with van der Waals surface area (Å²) in [5, 5.41) is 11.6. The highest BCUT2D eigenvalue weighted by molar-refractivity contribution is 6.07. The van der Waals surface area contributed by atoms with Crippen molar-refractivity contribution in [2.45, 2.75) is 6.92 Å². The fourth-order valence-electron chi connectivity index (χ4n) is 1.98. The summed E-state index contributed by atoms with van der Waals surface area (Å²) in [5.74, 6) is -1.19. The number of hydrogen-bond donors (Lipinski definition) is 1. The first-order chi connectivity index (χ1) is 11.1. The second-order valence-electron chi connectivity index (χ2n) is 4.90. The van der Waals surface area contributed by atoms with Crippen LogP contribution < -0.4 is 5.32 Å². The summed E-state index contributed by atoms with van der Waals surface area (Å²) < 4.78 is 13.5. The van der Waals surface area contributed by atoms with Crippen LogP contribution in [0.3, 0.4) is 0 Å². The molecule has 2 aromatic rings. The van der Waals surface area contributed by atoms with E-state index in [1.807, 2.05) is 42.5 Å². The van der Waals surface area contributed by atoms with E-state index in [1.54, 1.807) is 13.0 Å². The van der Waals surface area contributed by atoms with E-state index in [1.165, 1.54) is 24.3 Å². The average molecular weight is 306 g/mol. The van der Waals surface area contributed by atoms with E-state index in [-0.39, 0.29) is 11.3 Å². The van der Waals surface area contributed by atoms with Crippen LogP contribution in [-0.4, -0.2) is 5.91 Å². The van der Waals surface area contributed by atoms with Crippen LogP contribution in [0, 0.1) is 17.1 Å². The smallest absolute Gasteiger partial charge is 0.266 e. The lowest BCUT2D eigenvalue weighted by Gasteiger charge is -2.05. The fourth-order valence-corrected chi connectivity index (χ4v) is 1.98. The van der Waals surface area contributed by atoms with Gasteiger partial charge in [0.15, 0.2) is 0 Å². The predicted octanol–water partition coefficient (Wildman–Crippen LogP) is 4.32. The van der Waals surface area contributed by atoms with Gasteiger partial charge >= 0.3 is 0 Å². The van der Waals surface area contributed by atoms with Crippen molar-refractivity contribution >= 4 is 17.7 Å². The molecule has 1 amide bonds. The number of amides is 1. The molecular weight excluding hydrogens is 291 g/mol. The standard InChI is InChI=1S/C19H15FN2O/c1-14(11-15-7-3-2-4-8-15)12-16(13-21)19(23)22-18-10-6-5-9-17(18)20/h2-12H,1H3,(H,22,23)/b14-11+,16-12-. The van der Waals surface area contributed by atoms with Gasteiger partial charge in [-0.15, -0.1) is 0 Å². The normalized spacial score (nSPS) is 11.7. The summed E-state index contributed by atoms with van der Waals surface area (Å²) in [7, 11) is 0. The van der Waals surface area contributed by atoms with E-state index in [0.29, 0.717) is 0 Å². The monoisotopic (exact) mass is 306 g/mol. The number of carbonyl (C=O) groups excluding carboxylic acids is 1. The van der Waals surface area contributed by atoms with Gasteiger partial charge in [-0.05, 0) is 36.3 Å². The van der Waals surface area contributed by atoms with Crippen molar-refractivity contribution in [1.29, 1.82) is 5.26 Å². The molecule has 0 saturated heterocycles. The third kappa shape index (κ3) is 4.65. The van der Waals surface area contributed by atoms with Crippen LogP contribution in [0.4, 0.5) is 10.1 Å². The largest absolute Gasteiger partial charge is 0.319 e. The first-order valence-corrected chi connectivity index (χ1v) is 7.01. The van der Waals surface area contributed by atoms with Crippen LogP contribution in [-0.2, 0) is 4.79 Å². The molecular formula is C19H15FN2O. The predicted molar refractivity (Wildman–Crippen MR) is 88.8 cm³/mol. The zero-order valence-electron chi connectivity index (χ0n) is 12.6. The molecule has 0 saturated carbocycles. The summed E-state index contributed by atoms with van der Waals surface area (Å²) >= 11 is 0. The molecule has 0 aliphatic rings. The lowest BCUT2D eigenvalue weighted by atomic mass is 10.1. The summed E-state index contributed by atoms with van der Waals surface area (Å²) in [5.41, 5.74) is 1.67. The molecule has 1 N–H and O–H groups in total. The number of allylic oxidation sites excluding steroid dienone is 2. The molecule has 0 spiro atoms. The van der Waals surface area contributed by atoms with Gasteiger partial charge in [-0.2, -0.15) is 5.26 Å². The number of benzene rings is 2. The summed E-state index contributed by atoms with van der Waals surface area (Å²) in [6, 6.07) is 17.2. The molecule has 0 aliphatic carbocycles. The topological polar surface area (TPSA) is 52.9 Å². The fraction of sp³-hybridized carbons (Fsp3) is 0.0526. The second-order valence-corrected chi connectivity index (χ2v) is 4.90. The third-order valence-corrected chi connectivity index (χ3v) is 3.05. The molecule has 2 aromatic carbocycles. The molecule has 0 radical (unpaired) electrons. The van der Waals surface area contributed by atoms with Gasteiger partial charge in [0.2, 0.25) is 0 Å². The highest BCUT2D eigenvalue weighted by atomic mass is 19.1. The van der Waals surface area contributed by atoms with Crippen molar-refractivity contribution in [3.63, 3.8) is 0 Å². The number of nitriles is 1. The van der Waals surface area contributed by atoms with Gasteiger partial charge in [-0.25, -0.2) is 4.39 Å². The molecule has 0 atom stereocenters. The van der Waals surface area contributed by atoms with Crippen LogP contribution in [0.25, 0.3) is 6.08 Å². The van der Waals surface area contributed by atoms with Crippen molar-refractivity contribution in [2.75, 3.05) is 5.32 Å². The van der Waals surface area contributed by atoms with Crippen LogP contribution in [0.5, 0.6) is 0 Å². The average Bonchev–Trinajstić information content (AvgIpc) is 2.55. The Bertz CT molecular complexity index is 802. The molecule has 0 aliphatic heterocycles. The molecule has 0 heterocycles. The maximum atomic E-state index is 13.5. The van der Waals surface area contributed by atoms with Crippen LogP contribution in [0.2, 0.25) is 0 Å². The van der Waals surface area contributed by atoms with Crippen LogP contribution >= 0.6 is 0 Å². The SMILES string of the molecule is CC(/C=C(/C#N)C(=O)Nc1ccccc1F)=C\c1ccccc1. The van der Waals surface area contributed by atoms with Gasteiger partial charge in [-0.1, -0.05) is 48.5 Å². The van der Waals surface area contributed by atoms with Gasteiger partial charge in [-0.3, -0.25) is 4.79 Å². The Morgan fingerprint density at radius 3 is 2.43 bits per heavy atom. The van der Waals surface area contributed by atoms with Crippen molar-refractivity contribution < 1.29 is 9.18 Å². The Balaban J connectivity index is 2.19. The van der Waals surface area contributed by atoms with Crippen LogP contribution in [0.15, 0.2) is 71.8 Å². The number of carbonyl (C=O) groups is 1. The van der Waals surface area contributed by atoms with E-state index in [0.717, 1.165) is 11.1 Å². The Morgan fingerprint density at radius 2 is 1.78 bits per heavy atom. The number of nitrogens with zero attached hydrogens (tertiary/aromatic N) is 1. The number of anilines is 1. The Morgan fingerprint density at radius 1 is 1.13 bits per heavy atom. The zero-order valence-corrected chi connectivity index (χ0v) is 12.6. The summed E-state index contributed by atoms with van der Waals surface area (Å²) in [4.78, 5) is 12.1. The van der Waals surface area contributed by atoms with Crippen molar-refractivity contribution in [3.8, 4) is 6.07 Å². The minimum Gasteiger partial charge on any atom is -0.319 e. The molecule has 23 heavy (non-hydrogen) atoms. The Labute approximate surface area is 134 Å². The van der Waals surface area contributed by atoms with Crippen molar-refractivity contribution in [2.24, 2.45) is 0 Å². The minimum atomic E-state index is -0.640. The summed E-state index contributed by atoms with van der Waals surface area (Å²) in [6.45, 7) is 1.79. The molecule has 4 heteroatoms. The minimum absolute atomic E-state index is 0.0448. The van der Waals surface area contributed by atoms with Gasteiger partial charge < -0.3 is 5.32 Å². The number of rotatable bonds is 4. The quantitative estimate of drug-likeness (QED) is 0.519. The maximum absolute atomic E-state index is 13.5. The molecule has 0 bridgehead atoms.